The van der Waals surface area contributed by atoms with Crippen LogP contribution in [0.25, 0.3) is 22.2 Å². The van der Waals surface area contributed by atoms with Crippen LogP contribution in [0, 0.1) is 0 Å². The molecule has 35 heavy (non-hydrogen) atoms. The van der Waals surface area contributed by atoms with Gasteiger partial charge in [-0.2, -0.15) is 0 Å². The molecule has 168 valence electrons. The third-order valence-corrected chi connectivity index (χ3v) is 10.3. The number of rotatable bonds is 3. The van der Waals surface area contributed by atoms with E-state index in [4.69, 9.17) is 0 Å². The Morgan fingerprint density at radius 2 is 1.71 bits per heavy atom. The fourth-order valence-electron chi connectivity index (χ4n) is 5.99. The van der Waals surface area contributed by atoms with Gasteiger partial charge in [0, 0.05) is 26.6 Å². The number of nitrogens with zero attached hydrogens (tertiary/aromatic N) is 1. The summed E-state index contributed by atoms with van der Waals surface area (Å²) in [5.41, 5.74) is 9.51. The van der Waals surface area contributed by atoms with E-state index in [1.54, 1.807) is 0 Å². The molecule has 0 spiro atoms. The summed E-state index contributed by atoms with van der Waals surface area (Å²) in [6, 6.07) is 20.8. The monoisotopic (exact) mass is 485 g/mol. The first-order valence-electron chi connectivity index (χ1n) is 12.3. The molecular formula is C32H23NS2. The number of anilines is 3. The third kappa shape index (κ3) is 2.95. The molecule has 0 amide bonds. The van der Waals surface area contributed by atoms with Crippen LogP contribution in [0.5, 0.6) is 0 Å². The molecule has 4 aliphatic rings. The fraction of sp³-hybridized carbons (Fsp3) is 0.125. The van der Waals surface area contributed by atoms with Gasteiger partial charge in [-0.25, -0.2) is 0 Å². The summed E-state index contributed by atoms with van der Waals surface area (Å²) in [5, 5.41) is 1.88. The molecule has 0 radical (unpaired) electrons. The van der Waals surface area contributed by atoms with E-state index in [1.165, 1.54) is 59.2 Å². The molecule has 0 fully saturated rings. The van der Waals surface area contributed by atoms with Crippen molar-refractivity contribution in [3.8, 4) is 0 Å². The van der Waals surface area contributed by atoms with Crippen molar-refractivity contribution in [2.24, 2.45) is 0 Å². The van der Waals surface area contributed by atoms with Gasteiger partial charge in [-0.1, -0.05) is 72.9 Å². The van der Waals surface area contributed by atoms with E-state index in [0.29, 0.717) is 11.2 Å². The molecule has 0 saturated heterocycles. The lowest BCUT2D eigenvalue weighted by molar-refractivity contribution is 0.880. The Hall–Kier alpha value is -3.27. The maximum Gasteiger partial charge on any atom is 0.0640 e. The second kappa shape index (κ2) is 7.61. The molecule has 0 N–H and O–H groups in total. The molecule has 4 aromatic rings. The minimum atomic E-state index is 0.455. The zero-order valence-electron chi connectivity index (χ0n) is 19.1. The molecule has 2 heterocycles. The highest BCUT2D eigenvalue weighted by Gasteiger charge is 2.34. The van der Waals surface area contributed by atoms with Gasteiger partial charge in [0.15, 0.2) is 0 Å². The van der Waals surface area contributed by atoms with Crippen LogP contribution in [0.4, 0.5) is 17.1 Å². The average Bonchev–Trinajstić information content (AvgIpc) is 3.67. The summed E-state index contributed by atoms with van der Waals surface area (Å²) in [7, 11) is 0. The molecule has 1 nitrogen and oxygen atoms in total. The Bertz CT molecular complexity index is 1650. The van der Waals surface area contributed by atoms with E-state index in [-0.39, 0.29) is 0 Å². The van der Waals surface area contributed by atoms with E-state index in [0.717, 1.165) is 12.8 Å². The number of hydrogen-bond donors (Lipinski definition) is 0. The lowest BCUT2D eigenvalue weighted by atomic mass is 9.92. The molecule has 0 saturated carbocycles. The van der Waals surface area contributed by atoms with Gasteiger partial charge >= 0.3 is 0 Å². The first kappa shape index (κ1) is 20.0. The number of thioether (sulfide) groups is 1. The Kier molecular flexibility index (Phi) is 4.35. The molecule has 0 bridgehead atoms. The SMILES string of the molecule is C1=CC2Sc3c(cccc3N(c3ccc4c(c3)C=CC4)c3cccc4c5c(sc34)C=CC5)C2C=C1. The quantitative estimate of drug-likeness (QED) is 0.284. The first-order valence-corrected chi connectivity index (χ1v) is 14.0. The fourth-order valence-corrected chi connectivity index (χ4v) is 8.70. The largest absolute Gasteiger partial charge is 0.308 e. The predicted molar refractivity (Wildman–Crippen MR) is 153 cm³/mol. The normalized spacial score (nSPS) is 20.3. The van der Waals surface area contributed by atoms with Crippen LogP contribution in [-0.2, 0) is 12.8 Å². The molecule has 3 aromatic carbocycles. The van der Waals surface area contributed by atoms with Gasteiger partial charge in [0.05, 0.1) is 16.1 Å². The van der Waals surface area contributed by atoms with Crippen molar-refractivity contribution in [2.75, 3.05) is 4.90 Å². The van der Waals surface area contributed by atoms with E-state index in [9.17, 15) is 0 Å². The smallest absolute Gasteiger partial charge is 0.0640 e. The van der Waals surface area contributed by atoms with Crippen molar-refractivity contribution < 1.29 is 0 Å². The summed E-state index contributed by atoms with van der Waals surface area (Å²) < 4.78 is 1.38. The number of fused-ring (bicyclic) bond motifs is 7. The summed E-state index contributed by atoms with van der Waals surface area (Å²) in [5.74, 6) is 0.455. The van der Waals surface area contributed by atoms with Crippen molar-refractivity contribution in [1.82, 2.24) is 0 Å². The van der Waals surface area contributed by atoms with Crippen LogP contribution in [0.3, 0.4) is 0 Å². The van der Waals surface area contributed by atoms with E-state index < -0.39 is 0 Å². The summed E-state index contributed by atoms with van der Waals surface area (Å²) >= 11 is 3.96. The van der Waals surface area contributed by atoms with Gasteiger partial charge in [0.25, 0.3) is 0 Å². The lowest BCUT2D eigenvalue weighted by Gasteiger charge is -2.28. The zero-order chi connectivity index (χ0) is 22.9. The Morgan fingerprint density at radius 1 is 0.829 bits per heavy atom. The summed E-state index contributed by atoms with van der Waals surface area (Å²) in [6.45, 7) is 0. The Labute approximate surface area is 213 Å². The summed E-state index contributed by atoms with van der Waals surface area (Å²) in [6.07, 6.45) is 20.4. The van der Waals surface area contributed by atoms with Crippen molar-refractivity contribution in [2.45, 2.75) is 28.9 Å². The topological polar surface area (TPSA) is 3.24 Å². The van der Waals surface area contributed by atoms with Crippen molar-refractivity contribution in [3.63, 3.8) is 0 Å². The van der Waals surface area contributed by atoms with E-state index in [1.807, 2.05) is 23.1 Å². The van der Waals surface area contributed by atoms with Gasteiger partial charge in [-0.3, -0.25) is 0 Å². The number of hydrogen-bond acceptors (Lipinski definition) is 3. The van der Waals surface area contributed by atoms with Crippen molar-refractivity contribution in [1.29, 1.82) is 0 Å². The van der Waals surface area contributed by atoms with Crippen LogP contribution in [0.1, 0.15) is 33.0 Å². The van der Waals surface area contributed by atoms with Crippen molar-refractivity contribution in [3.05, 3.63) is 118 Å². The Balaban J connectivity index is 1.39. The molecular weight excluding hydrogens is 462 g/mol. The molecule has 1 aliphatic heterocycles. The summed E-state index contributed by atoms with van der Waals surface area (Å²) in [4.78, 5) is 5.36. The average molecular weight is 486 g/mol. The van der Waals surface area contributed by atoms with Gasteiger partial charge in [-0.15, -0.1) is 23.1 Å². The first-order chi connectivity index (χ1) is 17.3. The Morgan fingerprint density at radius 3 is 2.71 bits per heavy atom. The van der Waals surface area contributed by atoms with E-state index in [2.05, 4.69) is 108 Å². The van der Waals surface area contributed by atoms with Gasteiger partial charge < -0.3 is 4.90 Å². The van der Waals surface area contributed by atoms with Crippen molar-refractivity contribution >= 4 is 62.4 Å². The van der Waals surface area contributed by atoms with Gasteiger partial charge in [-0.05, 0) is 70.8 Å². The molecule has 3 aliphatic carbocycles. The van der Waals surface area contributed by atoms with Gasteiger partial charge in [0.1, 0.15) is 0 Å². The molecule has 1 aromatic heterocycles. The highest BCUT2D eigenvalue weighted by molar-refractivity contribution is 8.00. The van der Waals surface area contributed by atoms with Crippen LogP contribution < -0.4 is 4.90 Å². The number of allylic oxidation sites excluding steroid dienone is 5. The molecule has 3 heteroatoms. The molecule has 2 unspecified atom stereocenters. The highest BCUT2D eigenvalue weighted by atomic mass is 32.2. The third-order valence-electron chi connectivity index (χ3n) is 7.65. The highest BCUT2D eigenvalue weighted by Crippen LogP contribution is 2.55. The number of benzene rings is 3. The maximum atomic E-state index is 2.53. The maximum absolute atomic E-state index is 2.53. The zero-order valence-corrected chi connectivity index (χ0v) is 20.8. The number of thiophene rings is 1. The van der Waals surface area contributed by atoms with E-state index >= 15 is 0 Å². The van der Waals surface area contributed by atoms with Crippen LogP contribution in [0.15, 0.2) is 95.9 Å². The lowest BCUT2D eigenvalue weighted by Crippen LogP contribution is -2.12. The van der Waals surface area contributed by atoms with Crippen LogP contribution in [-0.4, -0.2) is 5.25 Å². The molecule has 2 atom stereocenters. The standard InChI is InChI=1S/C32H23NS2/c1-2-15-29-23(9-1)25-11-4-13-27(31(25)34-29)33(22-18-17-20-7-3-8-21(20)19-22)28-14-5-12-26-24-10-6-16-30(24)35-32(26)28/h1-6,8-9,11-19,23,29H,7,10H2. The van der Waals surface area contributed by atoms with Crippen LogP contribution >= 0.6 is 23.1 Å². The predicted octanol–water partition coefficient (Wildman–Crippen LogP) is 9.19. The minimum absolute atomic E-state index is 0.455. The minimum Gasteiger partial charge on any atom is -0.308 e. The van der Waals surface area contributed by atoms with Crippen LogP contribution in [0.2, 0.25) is 0 Å². The van der Waals surface area contributed by atoms with Gasteiger partial charge in [0.2, 0.25) is 0 Å². The second-order valence-corrected chi connectivity index (χ2v) is 11.8. The second-order valence-electron chi connectivity index (χ2n) is 9.60. The molecule has 8 rings (SSSR count).